The van der Waals surface area contributed by atoms with E-state index in [0.29, 0.717) is 36.1 Å². The molecule has 5 nitrogen and oxygen atoms in total. The molecule has 0 spiro atoms. The van der Waals surface area contributed by atoms with Crippen molar-refractivity contribution >= 4 is 11.6 Å². The number of anilines is 1. The second kappa shape index (κ2) is 9.59. The van der Waals surface area contributed by atoms with Gasteiger partial charge in [0.1, 0.15) is 17.4 Å². The van der Waals surface area contributed by atoms with Crippen molar-refractivity contribution in [2.24, 2.45) is 5.92 Å². The third-order valence-electron chi connectivity index (χ3n) is 4.77. The molecule has 1 aliphatic rings. The van der Waals surface area contributed by atoms with Gasteiger partial charge >= 0.3 is 0 Å². The average molecular weight is 358 g/mol. The summed E-state index contributed by atoms with van der Waals surface area (Å²) in [6, 6.07) is 7.33. The van der Waals surface area contributed by atoms with Gasteiger partial charge in [-0.15, -0.1) is 0 Å². The fourth-order valence-electron chi connectivity index (χ4n) is 3.48. The first-order chi connectivity index (χ1) is 12.5. The van der Waals surface area contributed by atoms with Crippen LogP contribution in [-0.2, 0) is 9.53 Å². The number of nitrogens with one attached hydrogen (secondary N) is 1. The largest absolute Gasteiger partial charge is 0.492 e. The Balaban J connectivity index is 2.16. The summed E-state index contributed by atoms with van der Waals surface area (Å²) in [5, 5.41) is 12.3. The number of carbonyl (C=O) groups excluding carboxylic acids is 1. The lowest BCUT2D eigenvalue weighted by atomic mass is 9.78. The van der Waals surface area contributed by atoms with Gasteiger partial charge in [0.15, 0.2) is 0 Å². The van der Waals surface area contributed by atoms with Crippen LogP contribution in [0.25, 0.3) is 0 Å². The van der Waals surface area contributed by atoms with E-state index in [1.165, 1.54) is 0 Å². The Hall–Kier alpha value is -2.06. The van der Waals surface area contributed by atoms with Gasteiger partial charge in [-0.05, 0) is 56.2 Å². The molecule has 0 aliphatic heterocycles. The van der Waals surface area contributed by atoms with Gasteiger partial charge in [-0.3, -0.25) is 4.79 Å². The Labute approximate surface area is 156 Å². The molecule has 1 aliphatic carbocycles. The molecule has 142 valence electrons. The van der Waals surface area contributed by atoms with Crippen molar-refractivity contribution in [1.82, 2.24) is 0 Å². The molecular weight excluding hydrogens is 328 g/mol. The first kappa shape index (κ1) is 20.3. The zero-order valence-electron chi connectivity index (χ0n) is 16.1. The molecule has 5 heteroatoms. The quantitative estimate of drug-likeness (QED) is 0.733. The number of amides is 1. The van der Waals surface area contributed by atoms with Gasteiger partial charge < -0.3 is 14.8 Å². The Morgan fingerprint density at radius 1 is 1.35 bits per heavy atom. The van der Waals surface area contributed by atoms with Crippen LogP contribution < -0.4 is 10.1 Å². The predicted octanol–water partition coefficient (Wildman–Crippen LogP) is 4.66. The highest BCUT2D eigenvalue weighted by Crippen LogP contribution is 2.36. The third kappa shape index (κ3) is 4.98. The molecule has 0 radical (unpaired) electrons. The number of nitriles is 1. The zero-order valence-corrected chi connectivity index (χ0v) is 16.1. The number of hydrogen-bond donors (Lipinski definition) is 1. The van der Waals surface area contributed by atoms with Crippen molar-refractivity contribution in [1.29, 1.82) is 5.26 Å². The number of benzene rings is 1. The maximum Gasteiger partial charge on any atom is 0.256 e. The van der Waals surface area contributed by atoms with Crippen LogP contribution in [0.2, 0.25) is 0 Å². The van der Waals surface area contributed by atoms with E-state index in [4.69, 9.17) is 9.47 Å². The Bertz CT molecular complexity index is 653. The molecule has 1 aromatic carbocycles. The van der Waals surface area contributed by atoms with Crippen LogP contribution in [-0.4, -0.2) is 24.7 Å². The minimum Gasteiger partial charge on any atom is -0.492 e. The van der Waals surface area contributed by atoms with Crippen LogP contribution in [0.15, 0.2) is 18.2 Å². The van der Waals surface area contributed by atoms with Crippen LogP contribution in [0.1, 0.15) is 64.9 Å². The summed E-state index contributed by atoms with van der Waals surface area (Å²) in [5.74, 6) is 0.907. The molecular formula is C21H30N2O3. The number of ether oxygens (including phenoxy) is 2. The van der Waals surface area contributed by atoms with Gasteiger partial charge in [0.25, 0.3) is 5.91 Å². The van der Waals surface area contributed by atoms with Crippen LogP contribution >= 0.6 is 0 Å². The van der Waals surface area contributed by atoms with E-state index >= 15 is 0 Å². The van der Waals surface area contributed by atoms with E-state index in [9.17, 15) is 10.1 Å². The summed E-state index contributed by atoms with van der Waals surface area (Å²) in [6.45, 7) is 7.37. The summed E-state index contributed by atoms with van der Waals surface area (Å²) < 4.78 is 11.6. The number of rotatable bonds is 8. The van der Waals surface area contributed by atoms with E-state index in [0.717, 1.165) is 38.5 Å². The SMILES string of the molecule is CCCOc1ccc(NC(=O)[C@@]2(OCCC)CCC[C@H](C)C2)cc1C#N. The van der Waals surface area contributed by atoms with E-state index < -0.39 is 5.60 Å². The summed E-state index contributed by atoms with van der Waals surface area (Å²) >= 11 is 0. The lowest BCUT2D eigenvalue weighted by Gasteiger charge is -2.38. The second-order valence-electron chi connectivity index (χ2n) is 7.17. The van der Waals surface area contributed by atoms with E-state index in [2.05, 4.69) is 18.3 Å². The molecule has 1 fully saturated rings. The molecule has 1 aromatic rings. The highest BCUT2D eigenvalue weighted by molar-refractivity contribution is 5.97. The summed E-state index contributed by atoms with van der Waals surface area (Å²) in [4.78, 5) is 13.0. The molecule has 1 saturated carbocycles. The molecule has 2 atom stereocenters. The van der Waals surface area contributed by atoms with Gasteiger partial charge in [-0.2, -0.15) is 5.26 Å². The number of nitrogens with zero attached hydrogens (tertiary/aromatic N) is 1. The number of carbonyl (C=O) groups is 1. The molecule has 0 unspecified atom stereocenters. The first-order valence-electron chi connectivity index (χ1n) is 9.67. The van der Waals surface area contributed by atoms with Gasteiger partial charge in [0.2, 0.25) is 0 Å². The topological polar surface area (TPSA) is 71.3 Å². The molecule has 0 heterocycles. The molecule has 26 heavy (non-hydrogen) atoms. The highest BCUT2D eigenvalue weighted by atomic mass is 16.5. The number of hydrogen-bond acceptors (Lipinski definition) is 4. The van der Waals surface area contributed by atoms with Crippen molar-refractivity contribution in [3.05, 3.63) is 23.8 Å². The molecule has 0 saturated heterocycles. The summed E-state index contributed by atoms with van der Waals surface area (Å²) in [5.41, 5.74) is 0.266. The minimum absolute atomic E-state index is 0.108. The van der Waals surface area contributed by atoms with Crippen LogP contribution in [0, 0.1) is 17.2 Å². The monoisotopic (exact) mass is 358 g/mol. The minimum atomic E-state index is -0.766. The lowest BCUT2D eigenvalue weighted by Crippen LogP contribution is -2.48. The van der Waals surface area contributed by atoms with E-state index in [1.54, 1.807) is 18.2 Å². The van der Waals surface area contributed by atoms with Crippen molar-refractivity contribution in [2.75, 3.05) is 18.5 Å². The van der Waals surface area contributed by atoms with Crippen LogP contribution in [0.5, 0.6) is 5.75 Å². The maximum absolute atomic E-state index is 13.0. The predicted molar refractivity (Wildman–Crippen MR) is 102 cm³/mol. The zero-order chi connectivity index (χ0) is 19.0. The van der Waals surface area contributed by atoms with Crippen LogP contribution in [0.4, 0.5) is 5.69 Å². The van der Waals surface area contributed by atoms with Gasteiger partial charge in [0, 0.05) is 12.3 Å². The highest BCUT2D eigenvalue weighted by Gasteiger charge is 2.42. The maximum atomic E-state index is 13.0. The molecule has 2 rings (SSSR count). The smallest absolute Gasteiger partial charge is 0.256 e. The standard InChI is InChI=1S/C21H30N2O3/c1-4-11-25-19-9-8-18(13-17(19)15-22)23-20(24)21(26-12-5-2)10-6-7-16(3)14-21/h8-9,13,16H,4-7,10-12,14H2,1-3H3,(H,23,24)/t16-,21+/m0/s1. The normalized spacial score (nSPS) is 22.5. The molecule has 1 amide bonds. The Morgan fingerprint density at radius 3 is 2.77 bits per heavy atom. The Morgan fingerprint density at radius 2 is 2.12 bits per heavy atom. The fraction of sp³-hybridized carbons (Fsp3) is 0.619. The summed E-state index contributed by atoms with van der Waals surface area (Å²) in [7, 11) is 0. The summed E-state index contributed by atoms with van der Waals surface area (Å²) in [6.07, 6.45) is 5.36. The molecule has 1 N–H and O–H groups in total. The second-order valence-corrected chi connectivity index (χ2v) is 7.17. The van der Waals surface area contributed by atoms with Crippen molar-refractivity contribution in [3.63, 3.8) is 0 Å². The Kier molecular flexibility index (Phi) is 7.47. The molecule has 0 bridgehead atoms. The first-order valence-corrected chi connectivity index (χ1v) is 9.67. The van der Waals surface area contributed by atoms with E-state index in [1.807, 2.05) is 13.8 Å². The fourth-order valence-corrected chi connectivity index (χ4v) is 3.48. The van der Waals surface area contributed by atoms with Crippen molar-refractivity contribution in [2.45, 2.75) is 64.9 Å². The third-order valence-corrected chi connectivity index (χ3v) is 4.77. The van der Waals surface area contributed by atoms with Crippen molar-refractivity contribution < 1.29 is 14.3 Å². The van der Waals surface area contributed by atoms with Gasteiger partial charge in [-0.1, -0.05) is 27.2 Å². The van der Waals surface area contributed by atoms with E-state index in [-0.39, 0.29) is 5.91 Å². The van der Waals surface area contributed by atoms with Crippen LogP contribution in [0.3, 0.4) is 0 Å². The lowest BCUT2D eigenvalue weighted by molar-refractivity contribution is -0.148. The van der Waals surface area contributed by atoms with Gasteiger partial charge in [0.05, 0.1) is 12.2 Å². The van der Waals surface area contributed by atoms with Gasteiger partial charge in [-0.25, -0.2) is 0 Å². The molecule has 0 aromatic heterocycles. The average Bonchev–Trinajstić information content (AvgIpc) is 2.65. The van der Waals surface area contributed by atoms with Crippen molar-refractivity contribution in [3.8, 4) is 11.8 Å².